The molecule has 1 unspecified atom stereocenters. The molecule has 3 aromatic carbocycles. The Bertz CT molecular complexity index is 1190. The molecule has 160 valence electrons. The van der Waals surface area contributed by atoms with Crippen LogP contribution in [0.2, 0.25) is 0 Å². The van der Waals surface area contributed by atoms with E-state index in [9.17, 15) is 9.59 Å². The summed E-state index contributed by atoms with van der Waals surface area (Å²) in [7, 11) is 0. The zero-order chi connectivity index (χ0) is 22.3. The molecule has 32 heavy (non-hydrogen) atoms. The highest BCUT2D eigenvalue weighted by molar-refractivity contribution is 7.09. The van der Waals surface area contributed by atoms with Crippen molar-refractivity contribution in [3.05, 3.63) is 106 Å². The van der Waals surface area contributed by atoms with Crippen LogP contribution in [0.1, 0.15) is 20.9 Å². The fourth-order valence-corrected chi connectivity index (χ4v) is 3.96. The van der Waals surface area contributed by atoms with E-state index in [1.807, 2.05) is 73.0 Å². The Morgan fingerprint density at radius 1 is 0.906 bits per heavy atom. The summed E-state index contributed by atoms with van der Waals surface area (Å²) in [6.07, 6.45) is 0.390. The number of benzene rings is 3. The molecule has 1 aromatic heterocycles. The van der Waals surface area contributed by atoms with E-state index in [1.54, 1.807) is 35.6 Å². The maximum atomic E-state index is 13.1. The molecule has 0 aliphatic rings. The lowest BCUT2D eigenvalue weighted by molar-refractivity contribution is -0.118. The molecule has 5 nitrogen and oxygen atoms in total. The van der Waals surface area contributed by atoms with Crippen LogP contribution < -0.4 is 10.6 Å². The van der Waals surface area contributed by atoms with Crippen molar-refractivity contribution in [2.75, 3.05) is 5.32 Å². The summed E-state index contributed by atoms with van der Waals surface area (Å²) in [5.41, 5.74) is 4.06. The first-order chi connectivity index (χ1) is 15.6. The minimum Gasteiger partial charge on any atom is -0.340 e. The second-order valence-electron chi connectivity index (χ2n) is 7.40. The van der Waals surface area contributed by atoms with Crippen molar-refractivity contribution >= 4 is 28.8 Å². The topological polar surface area (TPSA) is 71.1 Å². The molecule has 0 saturated carbocycles. The van der Waals surface area contributed by atoms with Gasteiger partial charge in [0.05, 0.1) is 10.7 Å². The van der Waals surface area contributed by atoms with Gasteiger partial charge in [-0.05, 0) is 36.8 Å². The Morgan fingerprint density at radius 3 is 2.19 bits per heavy atom. The van der Waals surface area contributed by atoms with Crippen molar-refractivity contribution in [2.45, 2.75) is 19.4 Å². The maximum absolute atomic E-state index is 13.1. The van der Waals surface area contributed by atoms with E-state index >= 15 is 0 Å². The van der Waals surface area contributed by atoms with Gasteiger partial charge in [-0.2, -0.15) is 0 Å². The number of carbonyl (C=O) groups is 2. The molecule has 6 heteroatoms. The second-order valence-corrected chi connectivity index (χ2v) is 8.46. The largest absolute Gasteiger partial charge is 0.340 e. The Hall–Kier alpha value is -3.77. The molecule has 0 saturated heterocycles. The molecule has 0 radical (unpaired) electrons. The van der Waals surface area contributed by atoms with Crippen molar-refractivity contribution < 1.29 is 9.59 Å². The summed E-state index contributed by atoms with van der Waals surface area (Å²) < 4.78 is 0. The summed E-state index contributed by atoms with van der Waals surface area (Å²) in [6.45, 7) is 1.97. The smallest absolute Gasteiger partial charge is 0.251 e. The molecule has 2 amide bonds. The summed E-state index contributed by atoms with van der Waals surface area (Å²) in [5.74, 6) is -0.550. The first-order valence-corrected chi connectivity index (χ1v) is 11.2. The van der Waals surface area contributed by atoms with Crippen LogP contribution in [0.5, 0.6) is 0 Å². The van der Waals surface area contributed by atoms with Crippen molar-refractivity contribution in [3.8, 4) is 11.3 Å². The number of anilines is 1. The van der Waals surface area contributed by atoms with E-state index < -0.39 is 6.04 Å². The van der Waals surface area contributed by atoms with Crippen LogP contribution in [-0.4, -0.2) is 22.8 Å². The van der Waals surface area contributed by atoms with E-state index in [4.69, 9.17) is 0 Å². The van der Waals surface area contributed by atoms with Crippen LogP contribution in [-0.2, 0) is 11.2 Å². The number of aryl methyl sites for hydroxylation is 1. The number of aromatic nitrogens is 1. The van der Waals surface area contributed by atoms with Crippen molar-refractivity contribution in [1.29, 1.82) is 0 Å². The average Bonchev–Trinajstić information content (AvgIpc) is 3.26. The van der Waals surface area contributed by atoms with E-state index in [-0.39, 0.29) is 11.8 Å². The standard InChI is InChI=1S/C26H23N3O2S/c1-18-27-24(17-32-18)20-12-14-22(15-13-20)28-26(31)23(16-19-8-4-2-5-9-19)29-25(30)21-10-6-3-7-11-21/h2-15,17,23H,16H2,1H3,(H,28,31)(H,29,30). The highest BCUT2D eigenvalue weighted by Gasteiger charge is 2.22. The molecule has 1 atom stereocenters. The van der Waals surface area contributed by atoms with E-state index in [1.165, 1.54) is 0 Å². The number of hydrogen-bond donors (Lipinski definition) is 2. The van der Waals surface area contributed by atoms with Crippen molar-refractivity contribution in [1.82, 2.24) is 10.3 Å². The summed E-state index contributed by atoms with van der Waals surface area (Å²) >= 11 is 1.60. The zero-order valence-corrected chi connectivity index (χ0v) is 18.4. The van der Waals surface area contributed by atoms with Crippen LogP contribution in [0.3, 0.4) is 0 Å². The molecular weight excluding hydrogens is 418 g/mol. The Balaban J connectivity index is 1.49. The monoisotopic (exact) mass is 441 g/mol. The number of nitrogens with one attached hydrogen (secondary N) is 2. The third kappa shape index (κ3) is 5.47. The zero-order valence-electron chi connectivity index (χ0n) is 17.6. The van der Waals surface area contributed by atoms with Gasteiger partial charge in [-0.3, -0.25) is 9.59 Å². The minimum absolute atomic E-state index is 0.268. The first-order valence-electron chi connectivity index (χ1n) is 10.3. The molecule has 4 aromatic rings. The maximum Gasteiger partial charge on any atom is 0.251 e. The Labute approximate surface area is 191 Å². The van der Waals surface area contributed by atoms with E-state index in [2.05, 4.69) is 15.6 Å². The predicted octanol–water partition coefficient (Wildman–Crippen LogP) is 5.10. The predicted molar refractivity (Wildman–Crippen MR) is 129 cm³/mol. The third-order valence-corrected chi connectivity index (χ3v) is 5.78. The Kier molecular flexibility index (Phi) is 6.72. The van der Waals surface area contributed by atoms with Gasteiger partial charge in [0.25, 0.3) is 5.91 Å². The fourth-order valence-electron chi connectivity index (χ4n) is 3.34. The summed E-state index contributed by atoms with van der Waals surface area (Å²) in [6, 6.07) is 25.4. The van der Waals surface area contributed by atoms with Crippen molar-refractivity contribution in [3.63, 3.8) is 0 Å². The normalized spacial score (nSPS) is 11.5. The first kappa shape index (κ1) is 21.5. The SMILES string of the molecule is Cc1nc(-c2ccc(NC(=O)C(Cc3ccccc3)NC(=O)c3ccccc3)cc2)cs1. The van der Waals surface area contributed by atoms with Crippen LogP contribution in [0.4, 0.5) is 5.69 Å². The number of carbonyl (C=O) groups excluding carboxylic acids is 2. The highest BCUT2D eigenvalue weighted by Crippen LogP contribution is 2.23. The van der Waals surface area contributed by atoms with Gasteiger partial charge in [-0.15, -0.1) is 11.3 Å². The van der Waals surface area contributed by atoms with E-state index in [0.29, 0.717) is 17.7 Å². The lowest BCUT2D eigenvalue weighted by Crippen LogP contribution is -2.45. The second kappa shape index (κ2) is 10.0. The average molecular weight is 442 g/mol. The van der Waals surface area contributed by atoms with Gasteiger partial charge < -0.3 is 10.6 Å². The number of hydrogen-bond acceptors (Lipinski definition) is 4. The highest BCUT2D eigenvalue weighted by atomic mass is 32.1. The molecule has 0 bridgehead atoms. The number of rotatable bonds is 7. The molecule has 2 N–H and O–H groups in total. The molecule has 1 heterocycles. The van der Waals surface area contributed by atoms with Gasteiger partial charge in [-0.25, -0.2) is 4.98 Å². The van der Waals surface area contributed by atoms with Gasteiger partial charge in [-0.1, -0.05) is 60.7 Å². The quantitative estimate of drug-likeness (QED) is 0.419. The van der Waals surface area contributed by atoms with Gasteiger partial charge >= 0.3 is 0 Å². The molecule has 0 aliphatic carbocycles. The van der Waals surface area contributed by atoms with Crippen LogP contribution in [0.25, 0.3) is 11.3 Å². The van der Waals surface area contributed by atoms with Crippen LogP contribution in [0, 0.1) is 6.92 Å². The summed E-state index contributed by atoms with van der Waals surface area (Å²) in [4.78, 5) is 30.3. The molecule has 0 fully saturated rings. The van der Waals surface area contributed by atoms with Crippen LogP contribution >= 0.6 is 11.3 Å². The van der Waals surface area contributed by atoms with Gasteiger partial charge in [0.15, 0.2) is 0 Å². The van der Waals surface area contributed by atoms with E-state index in [0.717, 1.165) is 21.8 Å². The molecular formula is C26H23N3O2S. The van der Waals surface area contributed by atoms with Gasteiger partial charge in [0.2, 0.25) is 5.91 Å². The lowest BCUT2D eigenvalue weighted by atomic mass is 10.0. The summed E-state index contributed by atoms with van der Waals surface area (Å²) in [5, 5.41) is 8.84. The Morgan fingerprint density at radius 2 is 1.56 bits per heavy atom. The third-order valence-electron chi connectivity index (χ3n) is 5.01. The van der Waals surface area contributed by atoms with Crippen LogP contribution in [0.15, 0.2) is 90.3 Å². The molecule has 0 spiro atoms. The van der Waals surface area contributed by atoms with Crippen molar-refractivity contribution in [2.24, 2.45) is 0 Å². The number of thiazole rings is 1. The molecule has 4 rings (SSSR count). The number of amides is 2. The molecule has 0 aliphatic heterocycles. The lowest BCUT2D eigenvalue weighted by Gasteiger charge is -2.19. The number of nitrogens with zero attached hydrogens (tertiary/aromatic N) is 1. The van der Waals surface area contributed by atoms with Gasteiger partial charge in [0, 0.05) is 28.6 Å². The minimum atomic E-state index is -0.717. The fraction of sp³-hybridized carbons (Fsp3) is 0.115. The van der Waals surface area contributed by atoms with Gasteiger partial charge in [0.1, 0.15) is 6.04 Å².